The number of hydrogen-bond donors (Lipinski definition) is 2. The number of hydrogen-bond acceptors (Lipinski definition) is 7. The molecule has 1 aliphatic heterocycles. The molecule has 0 bridgehead atoms. The molecule has 2 aromatic carbocycles. The van der Waals surface area contributed by atoms with Crippen LogP contribution in [0.1, 0.15) is 20.0 Å². The first-order valence-electron chi connectivity index (χ1n) is 13.1. The predicted molar refractivity (Wildman–Crippen MR) is 156 cm³/mol. The molecule has 3 aromatic heterocycles. The number of ether oxygens (including phenoxy) is 1. The van der Waals surface area contributed by atoms with Crippen molar-refractivity contribution in [1.82, 2.24) is 24.6 Å². The number of thiophene rings is 1. The summed E-state index contributed by atoms with van der Waals surface area (Å²) in [5.41, 5.74) is 3.86. The fourth-order valence-corrected chi connectivity index (χ4v) is 5.65. The Morgan fingerprint density at radius 2 is 1.90 bits per heavy atom. The second-order valence-corrected chi connectivity index (χ2v) is 10.6. The van der Waals surface area contributed by atoms with E-state index in [1.54, 1.807) is 36.5 Å². The van der Waals surface area contributed by atoms with Crippen molar-refractivity contribution in [3.8, 4) is 10.4 Å². The van der Waals surface area contributed by atoms with Crippen LogP contribution in [-0.4, -0.2) is 76.4 Å². The van der Waals surface area contributed by atoms with Crippen molar-refractivity contribution in [2.24, 2.45) is 0 Å². The molecule has 0 spiro atoms. The van der Waals surface area contributed by atoms with E-state index in [0.717, 1.165) is 54.5 Å². The van der Waals surface area contributed by atoms with Gasteiger partial charge in [0.05, 0.1) is 35.3 Å². The molecule has 2 amide bonds. The second-order valence-electron chi connectivity index (χ2n) is 9.55. The van der Waals surface area contributed by atoms with Crippen molar-refractivity contribution in [2.45, 2.75) is 6.54 Å². The maximum absolute atomic E-state index is 13.3. The third-order valence-corrected chi connectivity index (χ3v) is 8.16. The lowest BCUT2D eigenvalue weighted by atomic mass is 10.2. The first-order chi connectivity index (χ1) is 19.6. The zero-order valence-electron chi connectivity index (χ0n) is 22.0. The topological polar surface area (TPSA) is 108 Å². The third kappa shape index (κ3) is 5.39. The molecular weight excluding hydrogens is 526 g/mol. The molecule has 0 saturated carbocycles. The van der Waals surface area contributed by atoms with Gasteiger partial charge in [0.15, 0.2) is 0 Å². The van der Waals surface area contributed by atoms with Crippen LogP contribution in [-0.2, 0) is 11.3 Å². The Kier molecular flexibility index (Phi) is 7.41. The molecule has 0 atom stereocenters. The van der Waals surface area contributed by atoms with E-state index in [4.69, 9.17) is 9.72 Å². The molecule has 4 heterocycles. The number of imidazole rings is 1. The number of morpholine rings is 1. The highest BCUT2D eigenvalue weighted by molar-refractivity contribution is 7.17. The number of rotatable bonds is 8. The van der Waals surface area contributed by atoms with Gasteiger partial charge in [-0.2, -0.15) is 5.10 Å². The Hall–Kier alpha value is -4.32. The molecule has 2 N–H and O–H groups in total. The summed E-state index contributed by atoms with van der Waals surface area (Å²) in [7, 11) is 1.75. The van der Waals surface area contributed by atoms with Crippen LogP contribution in [0.2, 0.25) is 0 Å². The van der Waals surface area contributed by atoms with Crippen LogP contribution in [0.3, 0.4) is 0 Å². The largest absolute Gasteiger partial charge is 0.379 e. The number of H-pyrrole nitrogens is 1. The van der Waals surface area contributed by atoms with Gasteiger partial charge in [-0.15, -0.1) is 11.3 Å². The number of nitrogens with zero attached hydrogens (tertiary/aromatic N) is 5. The van der Waals surface area contributed by atoms with Crippen molar-refractivity contribution in [3.63, 3.8) is 0 Å². The van der Waals surface area contributed by atoms with E-state index < -0.39 is 0 Å². The number of amides is 2. The van der Waals surface area contributed by atoms with Gasteiger partial charge >= 0.3 is 0 Å². The monoisotopic (exact) mass is 555 g/mol. The number of carbonyl (C=O) groups excluding carboxylic acids is 2. The van der Waals surface area contributed by atoms with Crippen molar-refractivity contribution in [2.75, 3.05) is 50.1 Å². The van der Waals surface area contributed by atoms with Crippen LogP contribution in [0.4, 0.5) is 11.6 Å². The maximum Gasteiger partial charge on any atom is 0.268 e. The molecule has 6 rings (SSSR count). The maximum atomic E-state index is 13.3. The first-order valence-corrected chi connectivity index (χ1v) is 13.9. The van der Waals surface area contributed by atoms with Crippen molar-refractivity contribution < 1.29 is 14.3 Å². The SMILES string of the molecule is CN(C(=O)c1ccccc1)c1ccc2c(c1)nc(NC(=O)c1ccc(-c3cn[nH]c3)s1)n2CCN1CCOCC1. The Bertz CT molecular complexity index is 1620. The average Bonchev–Trinajstić information content (AvgIpc) is 3.76. The lowest BCUT2D eigenvalue weighted by Gasteiger charge is -2.27. The number of fused-ring (bicyclic) bond motifs is 1. The summed E-state index contributed by atoms with van der Waals surface area (Å²) in [6, 6.07) is 18.7. The standard InChI is InChI=1S/C29H29N7O3S/c1-34(28(38)20-5-3-2-4-6-20)22-7-8-24-23(17-22)32-29(36(24)12-11-35-13-15-39-16-14-35)33-27(37)26-10-9-25(40-26)21-18-30-31-19-21/h2-10,17-19H,11-16H2,1H3,(H,30,31)(H,32,33,37). The summed E-state index contributed by atoms with van der Waals surface area (Å²) in [5, 5.41) is 9.84. The van der Waals surface area contributed by atoms with Gasteiger partial charge in [-0.05, 0) is 42.5 Å². The molecule has 11 heteroatoms. The zero-order chi connectivity index (χ0) is 27.5. The summed E-state index contributed by atoms with van der Waals surface area (Å²) < 4.78 is 7.53. The minimum absolute atomic E-state index is 0.105. The van der Waals surface area contributed by atoms with Crippen LogP contribution in [0.15, 0.2) is 73.1 Å². The number of aromatic amines is 1. The van der Waals surface area contributed by atoms with Crippen LogP contribution in [0.25, 0.3) is 21.5 Å². The molecular formula is C29H29N7O3S. The van der Waals surface area contributed by atoms with Gasteiger partial charge < -0.3 is 14.2 Å². The van der Waals surface area contributed by atoms with Crippen molar-refractivity contribution in [1.29, 1.82) is 0 Å². The summed E-state index contributed by atoms with van der Waals surface area (Å²) >= 11 is 1.40. The normalized spacial score (nSPS) is 13.9. The Labute approximate surface area is 235 Å². The molecule has 10 nitrogen and oxygen atoms in total. The molecule has 1 saturated heterocycles. The van der Waals surface area contributed by atoms with Crippen LogP contribution in [0, 0.1) is 0 Å². The lowest BCUT2D eigenvalue weighted by molar-refractivity contribution is 0.0366. The average molecular weight is 556 g/mol. The Morgan fingerprint density at radius 1 is 1.07 bits per heavy atom. The van der Waals surface area contributed by atoms with E-state index in [1.807, 2.05) is 53.1 Å². The summed E-state index contributed by atoms with van der Waals surface area (Å²) in [5.74, 6) is 0.145. The fraction of sp³-hybridized carbons (Fsp3) is 0.241. The fourth-order valence-electron chi connectivity index (χ4n) is 4.77. The van der Waals surface area contributed by atoms with Gasteiger partial charge in [0.1, 0.15) is 0 Å². The van der Waals surface area contributed by atoms with Gasteiger partial charge in [0.2, 0.25) is 5.95 Å². The molecule has 1 aliphatic rings. The molecule has 204 valence electrons. The number of aromatic nitrogens is 4. The number of benzene rings is 2. The Balaban J connectivity index is 1.29. The minimum atomic E-state index is -0.223. The van der Waals surface area contributed by atoms with E-state index in [9.17, 15) is 9.59 Å². The van der Waals surface area contributed by atoms with Crippen molar-refractivity contribution in [3.05, 3.63) is 83.5 Å². The summed E-state index contributed by atoms with van der Waals surface area (Å²) in [4.78, 5) is 36.6. The highest BCUT2D eigenvalue weighted by Crippen LogP contribution is 2.29. The van der Waals surface area contributed by atoms with E-state index in [0.29, 0.717) is 28.5 Å². The van der Waals surface area contributed by atoms with Gasteiger partial charge in [-0.25, -0.2) is 4.98 Å². The molecule has 0 aliphatic carbocycles. The molecule has 1 fully saturated rings. The first kappa shape index (κ1) is 25.9. The number of anilines is 2. The molecule has 5 aromatic rings. The van der Waals surface area contributed by atoms with E-state index in [1.165, 1.54) is 11.3 Å². The van der Waals surface area contributed by atoms with E-state index in [2.05, 4.69) is 20.4 Å². The number of carbonyl (C=O) groups is 2. The smallest absolute Gasteiger partial charge is 0.268 e. The van der Waals surface area contributed by atoms with E-state index in [-0.39, 0.29) is 11.8 Å². The zero-order valence-corrected chi connectivity index (χ0v) is 22.9. The highest BCUT2D eigenvalue weighted by atomic mass is 32.1. The predicted octanol–water partition coefficient (Wildman–Crippen LogP) is 4.35. The summed E-state index contributed by atoms with van der Waals surface area (Å²) in [6.07, 6.45) is 3.53. The minimum Gasteiger partial charge on any atom is -0.379 e. The molecule has 0 radical (unpaired) electrons. The van der Waals surface area contributed by atoms with Gasteiger partial charge in [0, 0.05) is 61.1 Å². The second kappa shape index (κ2) is 11.4. The third-order valence-electron chi connectivity index (χ3n) is 7.03. The van der Waals surface area contributed by atoms with Gasteiger partial charge in [-0.1, -0.05) is 18.2 Å². The van der Waals surface area contributed by atoms with Gasteiger partial charge in [-0.3, -0.25) is 24.9 Å². The van der Waals surface area contributed by atoms with Gasteiger partial charge in [0.25, 0.3) is 11.8 Å². The van der Waals surface area contributed by atoms with Crippen molar-refractivity contribution >= 4 is 45.8 Å². The highest BCUT2D eigenvalue weighted by Gasteiger charge is 2.20. The quantitative estimate of drug-likeness (QED) is 0.295. The van der Waals surface area contributed by atoms with Crippen LogP contribution >= 0.6 is 11.3 Å². The van der Waals surface area contributed by atoms with Crippen LogP contribution in [0.5, 0.6) is 0 Å². The summed E-state index contributed by atoms with van der Waals surface area (Å²) in [6.45, 7) is 4.63. The molecule has 40 heavy (non-hydrogen) atoms. The van der Waals surface area contributed by atoms with E-state index >= 15 is 0 Å². The van der Waals surface area contributed by atoms with Crippen LogP contribution < -0.4 is 10.2 Å². The lowest BCUT2D eigenvalue weighted by Crippen LogP contribution is -2.38. The number of nitrogens with one attached hydrogen (secondary N) is 2. The Morgan fingerprint density at radius 3 is 2.67 bits per heavy atom. The molecule has 0 unspecified atom stereocenters.